The summed E-state index contributed by atoms with van der Waals surface area (Å²) in [7, 11) is 0. The van der Waals surface area contributed by atoms with E-state index in [-0.39, 0.29) is 11.3 Å². The van der Waals surface area contributed by atoms with E-state index in [1.807, 2.05) is 22.4 Å². The first-order chi connectivity index (χ1) is 7.98. The van der Waals surface area contributed by atoms with E-state index in [2.05, 4.69) is 26.8 Å². The lowest BCUT2D eigenvalue weighted by molar-refractivity contribution is 0.0770. The molecule has 0 fully saturated rings. The molecule has 2 heterocycles. The van der Waals surface area contributed by atoms with E-state index in [4.69, 9.17) is 0 Å². The zero-order valence-electron chi connectivity index (χ0n) is 10.7. The summed E-state index contributed by atoms with van der Waals surface area (Å²) in [5.41, 5.74) is 1.70. The van der Waals surface area contributed by atoms with Gasteiger partial charge in [0.15, 0.2) is 0 Å². The lowest BCUT2D eigenvalue weighted by atomic mass is 9.83. The van der Waals surface area contributed by atoms with Gasteiger partial charge < -0.3 is 4.90 Å². The molecule has 0 saturated heterocycles. The minimum atomic E-state index is 0.171. The molecule has 0 atom stereocenters. The molecule has 2 rings (SSSR count). The normalized spacial score (nSPS) is 16.9. The number of amides is 1. The number of rotatable bonds is 1. The minimum absolute atomic E-state index is 0.171. The van der Waals surface area contributed by atoms with E-state index in [9.17, 15) is 4.79 Å². The molecule has 1 aliphatic rings. The van der Waals surface area contributed by atoms with Crippen molar-refractivity contribution in [2.45, 2.75) is 27.2 Å². The Morgan fingerprint density at radius 1 is 1.41 bits per heavy atom. The van der Waals surface area contributed by atoms with Gasteiger partial charge in [-0.2, -0.15) is 0 Å². The first-order valence-corrected chi connectivity index (χ1v) is 6.89. The van der Waals surface area contributed by atoms with Gasteiger partial charge in [-0.3, -0.25) is 4.79 Å². The zero-order valence-corrected chi connectivity index (χ0v) is 11.5. The van der Waals surface area contributed by atoms with E-state index in [0.29, 0.717) is 0 Å². The second kappa shape index (κ2) is 4.65. The average molecular weight is 249 g/mol. The van der Waals surface area contributed by atoms with Crippen LogP contribution in [0.5, 0.6) is 0 Å². The molecule has 0 aliphatic carbocycles. The molecule has 0 spiro atoms. The lowest BCUT2D eigenvalue weighted by Gasteiger charge is -2.32. The van der Waals surface area contributed by atoms with Crippen LogP contribution in [0.15, 0.2) is 29.2 Å². The van der Waals surface area contributed by atoms with Crippen molar-refractivity contribution >= 4 is 17.2 Å². The minimum Gasteiger partial charge on any atom is -0.334 e. The van der Waals surface area contributed by atoms with E-state index in [1.165, 1.54) is 16.9 Å². The van der Waals surface area contributed by atoms with Gasteiger partial charge in [-0.1, -0.05) is 38.5 Å². The Labute approximate surface area is 107 Å². The van der Waals surface area contributed by atoms with Crippen LogP contribution in [0.2, 0.25) is 0 Å². The van der Waals surface area contributed by atoms with Crippen LogP contribution in [0.3, 0.4) is 0 Å². The van der Waals surface area contributed by atoms with Gasteiger partial charge in [0, 0.05) is 13.1 Å². The Bertz CT molecular complexity index is 426. The standard InChI is InChI=1S/C14H19NOS/c1-14(2,3)11-6-8-15(9-7-11)13(16)12-5-4-10-17-12/h4-6,10H,7-9H2,1-3H3. The number of carbonyl (C=O) groups excluding carboxylic acids is 1. The van der Waals surface area contributed by atoms with Crippen LogP contribution < -0.4 is 0 Å². The fourth-order valence-electron chi connectivity index (χ4n) is 2.09. The van der Waals surface area contributed by atoms with Crippen molar-refractivity contribution in [2.75, 3.05) is 13.1 Å². The highest BCUT2D eigenvalue weighted by atomic mass is 32.1. The van der Waals surface area contributed by atoms with Crippen LogP contribution >= 0.6 is 11.3 Å². The van der Waals surface area contributed by atoms with Gasteiger partial charge in [0.1, 0.15) is 0 Å². The molecule has 1 amide bonds. The number of nitrogens with zero attached hydrogens (tertiary/aromatic N) is 1. The van der Waals surface area contributed by atoms with Gasteiger partial charge >= 0.3 is 0 Å². The fraction of sp³-hybridized carbons (Fsp3) is 0.500. The van der Waals surface area contributed by atoms with Crippen LogP contribution in [-0.4, -0.2) is 23.9 Å². The van der Waals surface area contributed by atoms with Crippen molar-refractivity contribution in [3.05, 3.63) is 34.0 Å². The third-order valence-electron chi connectivity index (χ3n) is 3.19. The highest BCUT2D eigenvalue weighted by Gasteiger charge is 2.24. The van der Waals surface area contributed by atoms with Gasteiger partial charge in [-0.25, -0.2) is 0 Å². The molecule has 0 unspecified atom stereocenters. The van der Waals surface area contributed by atoms with Crippen LogP contribution in [-0.2, 0) is 0 Å². The molecule has 0 bridgehead atoms. The third kappa shape index (κ3) is 2.78. The Kier molecular flexibility index (Phi) is 3.38. The molecule has 3 heteroatoms. The van der Waals surface area contributed by atoms with Crippen molar-refractivity contribution in [3.8, 4) is 0 Å². The number of thiophene rings is 1. The van der Waals surface area contributed by atoms with Crippen LogP contribution in [0, 0.1) is 5.41 Å². The van der Waals surface area contributed by atoms with Crippen LogP contribution in [0.4, 0.5) is 0 Å². The molecule has 0 radical (unpaired) electrons. The van der Waals surface area contributed by atoms with Crippen molar-refractivity contribution < 1.29 is 4.79 Å². The van der Waals surface area contributed by atoms with E-state index >= 15 is 0 Å². The molecule has 0 saturated carbocycles. The van der Waals surface area contributed by atoms with Crippen molar-refractivity contribution in [3.63, 3.8) is 0 Å². The van der Waals surface area contributed by atoms with Gasteiger partial charge in [-0.05, 0) is 23.3 Å². The maximum atomic E-state index is 12.1. The SMILES string of the molecule is CC(C)(C)C1=CCN(C(=O)c2cccs2)CC1. The summed E-state index contributed by atoms with van der Waals surface area (Å²) in [6, 6.07) is 3.83. The zero-order chi connectivity index (χ0) is 12.5. The van der Waals surface area contributed by atoms with E-state index in [0.717, 1.165) is 24.4 Å². The average Bonchev–Trinajstić information content (AvgIpc) is 2.80. The Balaban J connectivity index is 2.05. The maximum Gasteiger partial charge on any atom is 0.264 e. The Morgan fingerprint density at radius 2 is 2.18 bits per heavy atom. The smallest absolute Gasteiger partial charge is 0.264 e. The predicted molar refractivity (Wildman–Crippen MR) is 72.4 cm³/mol. The van der Waals surface area contributed by atoms with Gasteiger partial charge in [0.25, 0.3) is 5.91 Å². The van der Waals surface area contributed by atoms with Crippen LogP contribution in [0.1, 0.15) is 36.9 Å². The molecule has 92 valence electrons. The van der Waals surface area contributed by atoms with Gasteiger partial charge in [-0.15, -0.1) is 11.3 Å². The fourth-order valence-corrected chi connectivity index (χ4v) is 2.78. The van der Waals surface area contributed by atoms with E-state index in [1.54, 1.807) is 0 Å². The number of carbonyl (C=O) groups is 1. The predicted octanol–water partition coefficient (Wildman–Crippen LogP) is 3.57. The summed E-state index contributed by atoms with van der Waals surface area (Å²) in [5, 5.41) is 1.95. The molecule has 0 N–H and O–H groups in total. The molecule has 17 heavy (non-hydrogen) atoms. The first-order valence-electron chi connectivity index (χ1n) is 6.01. The summed E-state index contributed by atoms with van der Waals surface area (Å²) < 4.78 is 0. The summed E-state index contributed by atoms with van der Waals surface area (Å²) in [5.74, 6) is 0.171. The van der Waals surface area contributed by atoms with E-state index < -0.39 is 0 Å². The first kappa shape index (κ1) is 12.4. The Hall–Kier alpha value is -1.09. The molecule has 2 nitrogen and oxygen atoms in total. The molecule has 1 aliphatic heterocycles. The summed E-state index contributed by atoms with van der Waals surface area (Å²) in [6.07, 6.45) is 3.22. The largest absolute Gasteiger partial charge is 0.334 e. The molecule has 0 aromatic carbocycles. The second-order valence-corrected chi connectivity index (χ2v) is 6.41. The summed E-state index contributed by atoms with van der Waals surface area (Å²) in [6.45, 7) is 8.30. The quantitative estimate of drug-likeness (QED) is 0.697. The van der Waals surface area contributed by atoms with Crippen molar-refractivity contribution in [2.24, 2.45) is 5.41 Å². The van der Waals surface area contributed by atoms with Crippen LogP contribution in [0.25, 0.3) is 0 Å². The topological polar surface area (TPSA) is 20.3 Å². The third-order valence-corrected chi connectivity index (χ3v) is 4.05. The highest BCUT2D eigenvalue weighted by molar-refractivity contribution is 7.12. The van der Waals surface area contributed by atoms with Gasteiger partial charge in [0.2, 0.25) is 0 Å². The van der Waals surface area contributed by atoms with Crippen molar-refractivity contribution in [1.29, 1.82) is 0 Å². The summed E-state index contributed by atoms with van der Waals surface area (Å²) in [4.78, 5) is 14.9. The van der Waals surface area contributed by atoms with Crippen molar-refractivity contribution in [1.82, 2.24) is 4.90 Å². The lowest BCUT2D eigenvalue weighted by Crippen LogP contribution is -2.36. The van der Waals surface area contributed by atoms with Gasteiger partial charge in [0.05, 0.1) is 4.88 Å². The number of hydrogen-bond acceptors (Lipinski definition) is 2. The highest BCUT2D eigenvalue weighted by Crippen LogP contribution is 2.30. The monoisotopic (exact) mass is 249 g/mol. The molecular weight excluding hydrogens is 230 g/mol. The summed E-state index contributed by atoms with van der Waals surface area (Å²) >= 11 is 1.52. The molecular formula is C14H19NOS. The number of hydrogen-bond donors (Lipinski definition) is 0. The Morgan fingerprint density at radius 3 is 2.65 bits per heavy atom. The maximum absolute atomic E-state index is 12.1. The molecule has 1 aromatic heterocycles. The molecule has 1 aromatic rings. The second-order valence-electron chi connectivity index (χ2n) is 5.46.